The number of hydrogen-bond acceptors (Lipinski definition) is 4. The fraction of sp³-hybridized carbons (Fsp3) is 0.192. The van der Waals surface area contributed by atoms with E-state index in [1.807, 2.05) is 42.9 Å². The minimum Gasteiger partial charge on any atom is -0.481 e. The van der Waals surface area contributed by atoms with Crippen molar-refractivity contribution in [2.24, 2.45) is 7.05 Å². The maximum absolute atomic E-state index is 13.9. The molecule has 0 saturated carbocycles. The van der Waals surface area contributed by atoms with Crippen molar-refractivity contribution in [3.63, 3.8) is 0 Å². The zero-order valence-electron chi connectivity index (χ0n) is 19.3. The van der Waals surface area contributed by atoms with Crippen LogP contribution < -0.4 is 11.4 Å². The Hall–Kier alpha value is -4.04. The fourth-order valence-electron chi connectivity index (χ4n) is 4.83. The van der Waals surface area contributed by atoms with E-state index in [0.717, 1.165) is 22.0 Å². The van der Waals surface area contributed by atoms with Crippen molar-refractivity contribution in [3.05, 3.63) is 93.0 Å². The quantitative estimate of drug-likeness (QED) is 0.368. The lowest BCUT2D eigenvalue weighted by Crippen LogP contribution is -2.30. The highest BCUT2D eigenvalue weighted by Gasteiger charge is 2.26. The number of imidazole rings is 1. The SMILES string of the molecule is Cc1cccc2c1c(Cn1c(=O)n(C(CC(=O)O)c3ccc(Cl)cc3)c3nc(N)ccc31)cn2C. The Morgan fingerprint density at radius 1 is 1.11 bits per heavy atom. The molecule has 0 fully saturated rings. The summed E-state index contributed by atoms with van der Waals surface area (Å²) in [6.45, 7) is 2.35. The second-order valence-electron chi connectivity index (χ2n) is 8.72. The summed E-state index contributed by atoms with van der Waals surface area (Å²) in [6, 6.07) is 15.5. The van der Waals surface area contributed by atoms with E-state index in [2.05, 4.69) is 4.98 Å². The first kappa shape index (κ1) is 22.7. The van der Waals surface area contributed by atoms with Gasteiger partial charge in [-0.2, -0.15) is 0 Å². The van der Waals surface area contributed by atoms with Gasteiger partial charge in [-0.15, -0.1) is 0 Å². The van der Waals surface area contributed by atoms with Crippen LogP contribution in [0.2, 0.25) is 5.02 Å². The summed E-state index contributed by atoms with van der Waals surface area (Å²) >= 11 is 6.05. The molecule has 0 spiro atoms. The molecule has 0 bridgehead atoms. The van der Waals surface area contributed by atoms with E-state index >= 15 is 0 Å². The van der Waals surface area contributed by atoms with Gasteiger partial charge in [0.2, 0.25) is 0 Å². The smallest absolute Gasteiger partial charge is 0.331 e. The third-order valence-electron chi connectivity index (χ3n) is 6.40. The number of fused-ring (bicyclic) bond motifs is 2. The maximum atomic E-state index is 13.9. The predicted octanol–water partition coefficient (Wildman–Crippen LogP) is 4.35. The van der Waals surface area contributed by atoms with Crippen LogP contribution in [0.15, 0.2) is 65.6 Å². The maximum Gasteiger partial charge on any atom is 0.331 e. The van der Waals surface area contributed by atoms with E-state index in [9.17, 15) is 14.7 Å². The van der Waals surface area contributed by atoms with Crippen LogP contribution in [-0.4, -0.2) is 29.8 Å². The molecule has 9 heteroatoms. The molecule has 178 valence electrons. The second kappa shape index (κ2) is 8.63. The van der Waals surface area contributed by atoms with E-state index in [4.69, 9.17) is 17.3 Å². The van der Waals surface area contributed by atoms with Crippen molar-refractivity contribution in [2.75, 3.05) is 5.73 Å². The Kier molecular flexibility index (Phi) is 5.61. The molecule has 5 aromatic rings. The summed E-state index contributed by atoms with van der Waals surface area (Å²) in [4.78, 5) is 30.2. The Bertz CT molecular complexity index is 1650. The van der Waals surface area contributed by atoms with Gasteiger partial charge in [-0.3, -0.25) is 13.9 Å². The number of anilines is 1. The van der Waals surface area contributed by atoms with Crippen LogP contribution in [0.1, 0.15) is 29.2 Å². The Morgan fingerprint density at radius 3 is 2.57 bits per heavy atom. The van der Waals surface area contributed by atoms with Crippen molar-refractivity contribution < 1.29 is 9.90 Å². The molecule has 0 aliphatic carbocycles. The first-order valence-corrected chi connectivity index (χ1v) is 11.5. The van der Waals surface area contributed by atoms with Crippen molar-refractivity contribution in [3.8, 4) is 0 Å². The molecule has 0 radical (unpaired) electrons. The normalized spacial score (nSPS) is 12.4. The van der Waals surface area contributed by atoms with Crippen LogP contribution in [0.4, 0.5) is 5.82 Å². The van der Waals surface area contributed by atoms with Crippen LogP contribution in [-0.2, 0) is 18.4 Å². The first-order chi connectivity index (χ1) is 16.7. The number of hydrogen-bond donors (Lipinski definition) is 2. The highest BCUT2D eigenvalue weighted by atomic mass is 35.5. The zero-order chi connectivity index (χ0) is 24.9. The summed E-state index contributed by atoms with van der Waals surface area (Å²) in [6.07, 6.45) is 1.72. The molecular weight excluding hydrogens is 466 g/mol. The Morgan fingerprint density at radius 2 is 1.86 bits per heavy atom. The van der Waals surface area contributed by atoms with Crippen LogP contribution >= 0.6 is 11.6 Å². The summed E-state index contributed by atoms with van der Waals surface area (Å²) in [5.41, 5.74) is 10.4. The van der Waals surface area contributed by atoms with Gasteiger partial charge in [0, 0.05) is 29.2 Å². The van der Waals surface area contributed by atoms with Crippen molar-refractivity contribution in [2.45, 2.75) is 25.9 Å². The summed E-state index contributed by atoms with van der Waals surface area (Å²) in [7, 11) is 1.98. The Labute approximate surface area is 205 Å². The standard InChI is InChI=1S/C26H24ClN5O3/c1-15-4-3-5-19-24(15)17(13-30(19)2)14-31-20-10-11-22(28)29-25(20)32(26(31)35)21(12-23(33)34)16-6-8-18(27)9-7-16/h3-11,13,21H,12,14H2,1-2H3,(H2,28,29)(H,33,34). The van der Waals surface area contributed by atoms with Crippen LogP contribution in [0.25, 0.3) is 22.1 Å². The third kappa shape index (κ3) is 3.95. The number of benzene rings is 2. The Balaban J connectivity index is 1.74. The number of rotatable bonds is 6. The van der Waals surface area contributed by atoms with E-state index in [0.29, 0.717) is 28.3 Å². The number of aryl methyl sites for hydroxylation is 2. The number of halogens is 1. The molecule has 1 atom stereocenters. The molecule has 35 heavy (non-hydrogen) atoms. The molecule has 0 amide bonds. The van der Waals surface area contributed by atoms with Gasteiger partial charge in [0.25, 0.3) is 0 Å². The van der Waals surface area contributed by atoms with E-state index in [-0.39, 0.29) is 17.9 Å². The number of pyridine rings is 1. The molecule has 3 N–H and O–H groups in total. The van der Waals surface area contributed by atoms with Gasteiger partial charge in [-0.1, -0.05) is 35.9 Å². The lowest BCUT2D eigenvalue weighted by atomic mass is 10.0. The molecule has 0 aliphatic heterocycles. The number of aliphatic carboxylic acids is 1. The van der Waals surface area contributed by atoms with Gasteiger partial charge in [0.1, 0.15) is 5.82 Å². The summed E-state index contributed by atoms with van der Waals surface area (Å²) < 4.78 is 5.11. The lowest BCUT2D eigenvalue weighted by molar-refractivity contribution is -0.137. The van der Waals surface area contributed by atoms with Crippen molar-refractivity contribution >= 4 is 45.5 Å². The average molecular weight is 490 g/mol. The van der Waals surface area contributed by atoms with Crippen LogP contribution in [0, 0.1) is 6.92 Å². The second-order valence-corrected chi connectivity index (χ2v) is 9.15. The summed E-state index contributed by atoms with van der Waals surface area (Å²) in [5.74, 6) is -0.791. The molecule has 3 heterocycles. The lowest BCUT2D eigenvalue weighted by Gasteiger charge is -2.17. The number of nitrogen functional groups attached to an aromatic ring is 1. The van der Waals surface area contributed by atoms with Gasteiger partial charge >= 0.3 is 11.7 Å². The molecule has 8 nitrogen and oxygen atoms in total. The molecular formula is C26H24ClN5O3. The predicted molar refractivity (Wildman–Crippen MR) is 137 cm³/mol. The number of nitrogens with zero attached hydrogens (tertiary/aromatic N) is 4. The molecule has 5 rings (SSSR count). The van der Waals surface area contributed by atoms with E-state index < -0.39 is 12.0 Å². The first-order valence-electron chi connectivity index (χ1n) is 11.1. The fourth-order valence-corrected chi connectivity index (χ4v) is 4.96. The number of carbonyl (C=O) groups is 1. The van der Waals surface area contributed by atoms with E-state index in [1.165, 1.54) is 4.57 Å². The largest absolute Gasteiger partial charge is 0.481 e. The molecule has 1 unspecified atom stereocenters. The molecule has 3 aromatic heterocycles. The van der Waals surface area contributed by atoms with Gasteiger partial charge in [0.15, 0.2) is 5.65 Å². The molecule has 0 aliphatic rings. The number of carboxylic acid groups (broad SMARTS) is 1. The van der Waals surface area contributed by atoms with Gasteiger partial charge in [0.05, 0.1) is 24.5 Å². The van der Waals surface area contributed by atoms with Crippen molar-refractivity contribution in [1.29, 1.82) is 0 Å². The average Bonchev–Trinajstić information content (AvgIpc) is 3.27. The van der Waals surface area contributed by atoms with Gasteiger partial charge in [-0.05, 0) is 53.9 Å². The minimum atomic E-state index is -1.04. The van der Waals surface area contributed by atoms with Crippen LogP contribution in [0.5, 0.6) is 0 Å². The number of aromatic nitrogens is 4. The highest BCUT2D eigenvalue weighted by molar-refractivity contribution is 6.30. The number of nitrogens with two attached hydrogens (primary N) is 1. The van der Waals surface area contributed by atoms with Crippen molar-refractivity contribution in [1.82, 2.24) is 18.7 Å². The van der Waals surface area contributed by atoms with Gasteiger partial charge < -0.3 is 15.4 Å². The molecule has 2 aromatic carbocycles. The highest BCUT2D eigenvalue weighted by Crippen LogP contribution is 2.29. The van der Waals surface area contributed by atoms with Crippen LogP contribution in [0.3, 0.4) is 0 Å². The minimum absolute atomic E-state index is 0.245. The van der Waals surface area contributed by atoms with Gasteiger partial charge in [-0.25, -0.2) is 9.78 Å². The number of carboxylic acids is 1. The zero-order valence-corrected chi connectivity index (χ0v) is 20.0. The third-order valence-corrected chi connectivity index (χ3v) is 6.65. The van der Waals surface area contributed by atoms with E-state index in [1.54, 1.807) is 41.0 Å². The summed E-state index contributed by atoms with van der Waals surface area (Å²) in [5, 5.41) is 11.3. The topological polar surface area (TPSA) is 108 Å². The monoisotopic (exact) mass is 489 g/mol. The molecule has 0 saturated heterocycles.